The van der Waals surface area contributed by atoms with Gasteiger partial charge in [-0.25, -0.2) is 0 Å². The average molecular weight is 351 g/mol. The number of fused-ring (bicyclic) bond motifs is 1. The van der Waals surface area contributed by atoms with E-state index >= 15 is 0 Å². The lowest BCUT2D eigenvalue weighted by molar-refractivity contribution is -0.137. The first-order valence-corrected chi connectivity index (χ1v) is 7.60. The van der Waals surface area contributed by atoms with Crippen molar-refractivity contribution in [2.75, 3.05) is 5.32 Å². The summed E-state index contributed by atoms with van der Waals surface area (Å²) in [6.07, 6.45) is -5.14. The molecule has 0 aliphatic carbocycles. The minimum absolute atomic E-state index is 0.145. The molecule has 0 aliphatic rings. The molecule has 3 rings (SSSR count). The van der Waals surface area contributed by atoms with Gasteiger partial charge in [0, 0.05) is 0 Å². The van der Waals surface area contributed by atoms with Crippen LogP contribution in [0.3, 0.4) is 0 Å². The second-order valence-corrected chi connectivity index (χ2v) is 5.79. The fourth-order valence-corrected chi connectivity index (χ4v) is 2.75. The Balaban J connectivity index is 1.96. The summed E-state index contributed by atoms with van der Waals surface area (Å²) >= 11 is 6.01. The second-order valence-electron chi connectivity index (χ2n) is 5.38. The standard InChI is InChI=1S/C18H14ClF3N2/c19-15-9-8-12(18(20,21)22)10-16(15)24-17(23)14-7-3-5-11-4-1-2-6-13(11)14/h1-10,17,24H,23H2. The summed E-state index contributed by atoms with van der Waals surface area (Å²) < 4.78 is 38.6. The Morgan fingerprint density at radius 1 is 0.958 bits per heavy atom. The molecule has 3 N–H and O–H groups in total. The zero-order chi connectivity index (χ0) is 17.3. The maximum absolute atomic E-state index is 12.9. The molecular formula is C18H14ClF3N2. The van der Waals surface area contributed by atoms with Crippen molar-refractivity contribution in [1.29, 1.82) is 0 Å². The summed E-state index contributed by atoms with van der Waals surface area (Å²) in [5, 5.41) is 4.99. The molecule has 0 heterocycles. The number of anilines is 1. The zero-order valence-corrected chi connectivity index (χ0v) is 13.2. The third-order valence-electron chi connectivity index (χ3n) is 3.76. The van der Waals surface area contributed by atoms with Crippen molar-refractivity contribution in [2.24, 2.45) is 5.73 Å². The number of alkyl halides is 3. The third-order valence-corrected chi connectivity index (χ3v) is 4.09. The van der Waals surface area contributed by atoms with Gasteiger partial charge in [-0.2, -0.15) is 13.2 Å². The number of rotatable bonds is 3. The summed E-state index contributed by atoms with van der Waals surface area (Å²) in [5.41, 5.74) is 6.32. The van der Waals surface area contributed by atoms with Gasteiger partial charge in [0.15, 0.2) is 0 Å². The number of benzene rings is 3. The topological polar surface area (TPSA) is 38.0 Å². The van der Waals surface area contributed by atoms with E-state index in [0.29, 0.717) is 0 Å². The molecule has 2 nitrogen and oxygen atoms in total. The van der Waals surface area contributed by atoms with Gasteiger partial charge < -0.3 is 11.1 Å². The second kappa shape index (κ2) is 6.34. The first-order chi connectivity index (χ1) is 11.4. The van der Waals surface area contributed by atoms with Crippen molar-refractivity contribution in [3.05, 3.63) is 76.8 Å². The van der Waals surface area contributed by atoms with Gasteiger partial charge in [-0.15, -0.1) is 0 Å². The largest absolute Gasteiger partial charge is 0.416 e. The number of halogens is 4. The van der Waals surface area contributed by atoms with Crippen LogP contribution < -0.4 is 11.1 Å². The Morgan fingerprint density at radius 2 is 1.67 bits per heavy atom. The van der Waals surface area contributed by atoms with Gasteiger partial charge in [0.25, 0.3) is 0 Å². The smallest absolute Gasteiger partial charge is 0.365 e. The van der Waals surface area contributed by atoms with Crippen LogP contribution in [0, 0.1) is 0 Å². The van der Waals surface area contributed by atoms with Crippen LogP contribution in [0.1, 0.15) is 17.3 Å². The lowest BCUT2D eigenvalue weighted by atomic mass is 10.0. The molecular weight excluding hydrogens is 337 g/mol. The van der Waals surface area contributed by atoms with Crippen molar-refractivity contribution in [3.8, 4) is 0 Å². The maximum atomic E-state index is 12.9. The molecule has 0 saturated carbocycles. The maximum Gasteiger partial charge on any atom is 0.416 e. The van der Waals surface area contributed by atoms with Gasteiger partial charge in [0.2, 0.25) is 0 Å². The van der Waals surface area contributed by atoms with E-state index in [2.05, 4.69) is 5.32 Å². The molecule has 3 aromatic rings. The minimum Gasteiger partial charge on any atom is -0.365 e. The number of hydrogen-bond donors (Lipinski definition) is 2. The van der Waals surface area contributed by atoms with Gasteiger partial charge in [0.1, 0.15) is 6.17 Å². The first kappa shape index (κ1) is 16.6. The number of hydrogen-bond acceptors (Lipinski definition) is 2. The highest BCUT2D eigenvalue weighted by molar-refractivity contribution is 6.33. The van der Waals surface area contributed by atoms with Crippen LogP contribution in [-0.2, 0) is 6.18 Å². The fraction of sp³-hybridized carbons (Fsp3) is 0.111. The summed E-state index contributed by atoms with van der Waals surface area (Å²) in [4.78, 5) is 0. The Bertz CT molecular complexity index is 872. The molecule has 124 valence electrons. The lowest BCUT2D eigenvalue weighted by Gasteiger charge is -2.19. The fourth-order valence-electron chi connectivity index (χ4n) is 2.58. The average Bonchev–Trinajstić information content (AvgIpc) is 2.55. The highest BCUT2D eigenvalue weighted by atomic mass is 35.5. The molecule has 0 fully saturated rings. The molecule has 0 radical (unpaired) electrons. The summed E-state index contributed by atoms with van der Waals surface area (Å²) in [5.74, 6) is 0. The zero-order valence-electron chi connectivity index (χ0n) is 12.4. The highest BCUT2D eigenvalue weighted by Crippen LogP contribution is 2.35. The number of nitrogens with two attached hydrogens (primary N) is 1. The molecule has 0 aliphatic heterocycles. The van der Waals surface area contributed by atoms with Crippen molar-refractivity contribution in [3.63, 3.8) is 0 Å². The minimum atomic E-state index is -4.44. The van der Waals surface area contributed by atoms with Crippen LogP contribution in [0.2, 0.25) is 5.02 Å². The van der Waals surface area contributed by atoms with E-state index in [9.17, 15) is 13.2 Å². The van der Waals surface area contributed by atoms with Gasteiger partial charge in [-0.05, 0) is 34.5 Å². The third kappa shape index (κ3) is 3.32. The summed E-state index contributed by atoms with van der Waals surface area (Å²) in [6, 6.07) is 16.4. The number of nitrogens with one attached hydrogen (secondary N) is 1. The molecule has 0 aromatic heterocycles. The van der Waals surface area contributed by atoms with Gasteiger partial charge in [-0.1, -0.05) is 54.1 Å². The summed E-state index contributed by atoms with van der Waals surface area (Å²) in [7, 11) is 0. The monoisotopic (exact) mass is 350 g/mol. The van der Waals surface area contributed by atoms with Crippen molar-refractivity contribution in [1.82, 2.24) is 0 Å². The highest BCUT2D eigenvalue weighted by Gasteiger charge is 2.31. The molecule has 24 heavy (non-hydrogen) atoms. The molecule has 0 bridgehead atoms. The molecule has 0 amide bonds. The van der Waals surface area contributed by atoms with Gasteiger partial charge in [-0.3, -0.25) is 0 Å². The quantitative estimate of drug-likeness (QED) is 0.605. The van der Waals surface area contributed by atoms with Crippen LogP contribution >= 0.6 is 11.6 Å². The predicted octanol–water partition coefficient (Wildman–Crippen LogP) is 5.58. The molecule has 0 spiro atoms. The Kier molecular flexibility index (Phi) is 4.39. The summed E-state index contributed by atoms with van der Waals surface area (Å²) in [6.45, 7) is 0. The van der Waals surface area contributed by atoms with E-state index in [1.807, 2.05) is 42.5 Å². The predicted molar refractivity (Wildman–Crippen MR) is 91.0 cm³/mol. The Hall–Kier alpha value is -2.24. The molecule has 1 atom stereocenters. The van der Waals surface area contributed by atoms with Crippen LogP contribution in [0.5, 0.6) is 0 Å². The first-order valence-electron chi connectivity index (χ1n) is 7.23. The van der Waals surface area contributed by atoms with E-state index < -0.39 is 17.9 Å². The van der Waals surface area contributed by atoms with Crippen molar-refractivity contribution >= 4 is 28.1 Å². The lowest BCUT2D eigenvalue weighted by Crippen LogP contribution is -2.21. The van der Waals surface area contributed by atoms with Crippen LogP contribution in [0.25, 0.3) is 10.8 Å². The SMILES string of the molecule is NC(Nc1cc(C(F)(F)F)ccc1Cl)c1cccc2ccccc12. The Labute approximate surface area is 142 Å². The van der Waals surface area contributed by atoms with E-state index in [0.717, 1.165) is 28.5 Å². The molecule has 1 unspecified atom stereocenters. The van der Waals surface area contributed by atoms with Gasteiger partial charge >= 0.3 is 6.18 Å². The molecule has 0 saturated heterocycles. The van der Waals surface area contributed by atoms with Crippen LogP contribution in [-0.4, -0.2) is 0 Å². The van der Waals surface area contributed by atoms with Crippen LogP contribution in [0.15, 0.2) is 60.7 Å². The van der Waals surface area contributed by atoms with Crippen molar-refractivity contribution < 1.29 is 13.2 Å². The molecule has 6 heteroatoms. The normalized spacial score (nSPS) is 13.0. The van der Waals surface area contributed by atoms with E-state index in [-0.39, 0.29) is 10.7 Å². The van der Waals surface area contributed by atoms with E-state index in [1.54, 1.807) is 0 Å². The van der Waals surface area contributed by atoms with E-state index in [1.165, 1.54) is 6.07 Å². The van der Waals surface area contributed by atoms with E-state index in [4.69, 9.17) is 17.3 Å². The Morgan fingerprint density at radius 3 is 2.42 bits per heavy atom. The van der Waals surface area contributed by atoms with Gasteiger partial charge in [0.05, 0.1) is 16.3 Å². The van der Waals surface area contributed by atoms with Crippen molar-refractivity contribution in [2.45, 2.75) is 12.3 Å². The van der Waals surface area contributed by atoms with Crippen LogP contribution in [0.4, 0.5) is 18.9 Å². The molecule has 3 aromatic carbocycles.